The van der Waals surface area contributed by atoms with Crippen molar-refractivity contribution >= 4 is 17.8 Å². The quantitative estimate of drug-likeness (QED) is 0.675. The molecule has 1 saturated heterocycles. The van der Waals surface area contributed by atoms with Gasteiger partial charge in [-0.25, -0.2) is 4.79 Å². The molecule has 28 heavy (non-hydrogen) atoms. The van der Waals surface area contributed by atoms with E-state index in [1.165, 1.54) is 4.90 Å². The van der Waals surface area contributed by atoms with Crippen LogP contribution >= 0.6 is 0 Å². The van der Waals surface area contributed by atoms with E-state index < -0.39 is 30.2 Å². The van der Waals surface area contributed by atoms with Crippen LogP contribution in [-0.4, -0.2) is 52.5 Å². The molecule has 1 aromatic rings. The maximum atomic E-state index is 13.0. The lowest BCUT2D eigenvalue weighted by molar-refractivity contribution is -0.141. The van der Waals surface area contributed by atoms with Gasteiger partial charge >= 0.3 is 6.09 Å². The van der Waals surface area contributed by atoms with Crippen LogP contribution in [0.2, 0.25) is 0 Å². The normalized spacial score (nSPS) is 18.4. The molecule has 3 atom stereocenters. The maximum Gasteiger partial charge on any atom is 0.408 e. The van der Waals surface area contributed by atoms with E-state index >= 15 is 0 Å². The van der Waals surface area contributed by atoms with Gasteiger partial charge in [-0.05, 0) is 24.8 Å². The molecule has 0 aliphatic carbocycles. The standard InChI is InChI=1S/C21H30N2O5/c1-3-9-18(25)19(20(26)23-13-8-12-16(23)17(24)4-2)22-21(27)28-14-15-10-6-5-7-11-15/h5-7,10-11,16,18-19,25H,3-4,8-9,12-14H2,1-2H3,(H,22,27). The number of likely N-dealkylation sites (tertiary alicyclic amines) is 1. The lowest BCUT2D eigenvalue weighted by Gasteiger charge is -2.30. The Hall–Kier alpha value is -2.41. The summed E-state index contributed by atoms with van der Waals surface area (Å²) in [6.07, 6.45) is 0.904. The van der Waals surface area contributed by atoms with Crippen molar-refractivity contribution < 1.29 is 24.2 Å². The number of Topliss-reactive ketones (excluding diaryl/α,β-unsaturated/α-hetero) is 1. The molecule has 2 rings (SSSR count). The van der Waals surface area contributed by atoms with Crippen molar-refractivity contribution in [3.8, 4) is 0 Å². The molecule has 1 aliphatic heterocycles. The predicted molar refractivity (Wildman–Crippen MR) is 104 cm³/mol. The smallest absolute Gasteiger partial charge is 0.408 e. The van der Waals surface area contributed by atoms with Crippen LogP contribution in [0.4, 0.5) is 4.79 Å². The van der Waals surface area contributed by atoms with E-state index in [4.69, 9.17) is 4.74 Å². The van der Waals surface area contributed by atoms with E-state index in [0.29, 0.717) is 32.2 Å². The van der Waals surface area contributed by atoms with Crippen molar-refractivity contribution in [1.29, 1.82) is 0 Å². The highest BCUT2D eigenvalue weighted by Crippen LogP contribution is 2.21. The molecular formula is C21H30N2O5. The minimum Gasteiger partial charge on any atom is -0.445 e. The first kappa shape index (κ1) is 21.9. The van der Waals surface area contributed by atoms with Gasteiger partial charge in [0.2, 0.25) is 5.91 Å². The molecule has 7 heteroatoms. The van der Waals surface area contributed by atoms with Crippen LogP contribution in [0.3, 0.4) is 0 Å². The van der Waals surface area contributed by atoms with E-state index in [2.05, 4.69) is 5.32 Å². The number of alkyl carbamates (subject to hydrolysis) is 1. The zero-order valence-corrected chi connectivity index (χ0v) is 16.6. The van der Waals surface area contributed by atoms with Gasteiger partial charge in [0.15, 0.2) is 5.78 Å². The Morgan fingerprint density at radius 2 is 1.96 bits per heavy atom. The molecule has 1 fully saturated rings. The number of hydrogen-bond acceptors (Lipinski definition) is 5. The Morgan fingerprint density at radius 1 is 1.25 bits per heavy atom. The Labute approximate surface area is 166 Å². The van der Waals surface area contributed by atoms with Gasteiger partial charge in [0.05, 0.1) is 12.1 Å². The fraction of sp³-hybridized carbons (Fsp3) is 0.571. The third kappa shape index (κ3) is 5.79. The first-order valence-corrected chi connectivity index (χ1v) is 9.96. The highest BCUT2D eigenvalue weighted by Gasteiger charge is 2.39. The van der Waals surface area contributed by atoms with Crippen LogP contribution in [0.5, 0.6) is 0 Å². The summed E-state index contributed by atoms with van der Waals surface area (Å²) in [6, 6.07) is 7.59. The summed E-state index contributed by atoms with van der Waals surface area (Å²) in [5, 5.41) is 13.0. The van der Waals surface area contributed by atoms with Gasteiger partial charge in [-0.15, -0.1) is 0 Å². The van der Waals surface area contributed by atoms with Crippen molar-refractivity contribution in [3.05, 3.63) is 35.9 Å². The number of rotatable bonds is 9. The minimum atomic E-state index is -1.13. The second-order valence-corrected chi connectivity index (χ2v) is 7.05. The van der Waals surface area contributed by atoms with Gasteiger partial charge in [0.25, 0.3) is 0 Å². The number of aliphatic hydroxyl groups excluding tert-OH is 1. The van der Waals surface area contributed by atoms with Crippen molar-refractivity contribution in [3.63, 3.8) is 0 Å². The molecule has 154 valence electrons. The fourth-order valence-electron chi connectivity index (χ4n) is 3.46. The number of benzene rings is 1. The first-order valence-electron chi connectivity index (χ1n) is 9.96. The molecule has 1 aliphatic rings. The van der Waals surface area contributed by atoms with Gasteiger partial charge < -0.3 is 20.1 Å². The summed E-state index contributed by atoms with van der Waals surface area (Å²) in [5.74, 6) is -0.428. The molecule has 3 unspecified atom stereocenters. The number of hydrogen-bond donors (Lipinski definition) is 2. The monoisotopic (exact) mass is 390 g/mol. The lowest BCUT2D eigenvalue weighted by Crippen LogP contribution is -2.56. The Kier molecular flexibility index (Phi) is 8.44. The summed E-state index contributed by atoms with van der Waals surface area (Å²) >= 11 is 0. The van der Waals surface area contributed by atoms with Crippen LogP contribution in [0.25, 0.3) is 0 Å². The van der Waals surface area contributed by atoms with Crippen LogP contribution < -0.4 is 5.32 Å². The number of amides is 2. The average Bonchev–Trinajstić information content (AvgIpc) is 3.20. The number of ether oxygens (including phenoxy) is 1. The van der Waals surface area contributed by atoms with E-state index in [1.54, 1.807) is 6.92 Å². The van der Waals surface area contributed by atoms with E-state index in [9.17, 15) is 19.5 Å². The SMILES string of the molecule is CCCC(O)C(NC(=O)OCc1ccccc1)C(=O)N1CCCC1C(=O)CC. The zero-order chi connectivity index (χ0) is 20.5. The second-order valence-electron chi connectivity index (χ2n) is 7.05. The Bertz CT molecular complexity index is 664. The van der Waals surface area contributed by atoms with Gasteiger partial charge in [0.1, 0.15) is 12.6 Å². The Morgan fingerprint density at radius 3 is 2.61 bits per heavy atom. The topological polar surface area (TPSA) is 95.9 Å². The third-order valence-corrected chi connectivity index (χ3v) is 4.98. The molecule has 0 saturated carbocycles. The predicted octanol–water partition coefficient (Wildman–Crippen LogP) is 2.41. The summed E-state index contributed by atoms with van der Waals surface area (Å²) < 4.78 is 5.20. The summed E-state index contributed by atoms with van der Waals surface area (Å²) in [7, 11) is 0. The molecule has 1 aromatic carbocycles. The second kappa shape index (κ2) is 10.8. The molecule has 2 amide bonds. The summed E-state index contributed by atoms with van der Waals surface area (Å²) in [6.45, 7) is 4.17. The molecular weight excluding hydrogens is 360 g/mol. The lowest BCUT2D eigenvalue weighted by atomic mass is 10.0. The van der Waals surface area contributed by atoms with E-state index in [0.717, 1.165) is 12.0 Å². The zero-order valence-electron chi connectivity index (χ0n) is 16.6. The highest BCUT2D eigenvalue weighted by molar-refractivity contribution is 5.92. The van der Waals surface area contributed by atoms with Crippen molar-refractivity contribution in [2.75, 3.05) is 6.54 Å². The van der Waals surface area contributed by atoms with Gasteiger partial charge in [-0.1, -0.05) is 50.6 Å². The first-order chi connectivity index (χ1) is 13.5. The summed E-state index contributed by atoms with van der Waals surface area (Å²) in [5.41, 5.74) is 0.822. The van der Waals surface area contributed by atoms with Crippen molar-refractivity contribution in [2.45, 2.75) is 70.7 Å². The molecule has 7 nitrogen and oxygen atoms in total. The average molecular weight is 390 g/mol. The van der Waals surface area contributed by atoms with Crippen molar-refractivity contribution in [2.24, 2.45) is 0 Å². The number of nitrogens with one attached hydrogen (secondary N) is 1. The number of carbonyl (C=O) groups is 3. The molecule has 0 spiro atoms. The molecule has 1 heterocycles. The van der Waals surface area contributed by atoms with Gasteiger partial charge in [-0.2, -0.15) is 0 Å². The number of aliphatic hydroxyl groups is 1. The summed E-state index contributed by atoms with van der Waals surface area (Å²) in [4.78, 5) is 38.9. The van der Waals surface area contributed by atoms with Gasteiger partial charge in [0, 0.05) is 13.0 Å². The Balaban J connectivity index is 2.05. The number of ketones is 1. The molecule has 2 N–H and O–H groups in total. The molecule has 0 bridgehead atoms. The van der Waals surface area contributed by atoms with Crippen LogP contribution in [0.15, 0.2) is 30.3 Å². The van der Waals surface area contributed by atoms with Crippen molar-refractivity contribution in [1.82, 2.24) is 10.2 Å². The molecule has 0 aromatic heterocycles. The fourth-order valence-corrected chi connectivity index (χ4v) is 3.46. The van der Waals surface area contributed by atoms with Crippen LogP contribution in [-0.2, 0) is 20.9 Å². The van der Waals surface area contributed by atoms with E-state index in [1.807, 2.05) is 37.3 Å². The largest absolute Gasteiger partial charge is 0.445 e. The third-order valence-electron chi connectivity index (χ3n) is 4.98. The number of carbonyl (C=O) groups excluding carboxylic acids is 3. The molecule has 0 radical (unpaired) electrons. The number of nitrogens with zero attached hydrogens (tertiary/aromatic N) is 1. The van der Waals surface area contributed by atoms with E-state index in [-0.39, 0.29) is 12.4 Å². The van der Waals surface area contributed by atoms with Crippen LogP contribution in [0, 0.1) is 0 Å². The maximum absolute atomic E-state index is 13.0. The van der Waals surface area contributed by atoms with Crippen LogP contribution in [0.1, 0.15) is 51.5 Å². The highest BCUT2D eigenvalue weighted by atomic mass is 16.5. The minimum absolute atomic E-state index is 0.00114. The van der Waals surface area contributed by atoms with Gasteiger partial charge in [-0.3, -0.25) is 9.59 Å².